The Morgan fingerprint density at radius 3 is 2.76 bits per heavy atom. The number of esters is 1. The first-order valence-electron chi connectivity index (χ1n) is 12.5. The number of benzene rings is 1. The molecule has 0 bridgehead atoms. The maximum atomic E-state index is 13.7. The van der Waals surface area contributed by atoms with Crippen molar-refractivity contribution in [3.05, 3.63) is 36.7 Å². The minimum Gasteiger partial charge on any atom is -0.465 e. The highest BCUT2D eigenvalue weighted by atomic mass is 31.2. The van der Waals surface area contributed by atoms with Crippen LogP contribution < -0.4 is 20.7 Å². The second-order valence-corrected chi connectivity index (χ2v) is 11.0. The van der Waals surface area contributed by atoms with Crippen LogP contribution in [0.2, 0.25) is 0 Å². The fourth-order valence-electron chi connectivity index (χ4n) is 3.53. The summed E-state index contributed by atoms with van der Waals surface area (Å²) in [5, 5.41) is 6.13. The van der Waals surface area contributed by atoms with Crippen LogP contribution in [0.3, 0.4) is 0 Å². The Morgan fingerprint density at radius 1 is 1.24 bits per heavy atom. The van der Waals surface area contributed by atoms with E-state index in [0.717, 1.165) is 25.7 Å². The number of unbranched alkanes of at least 4 members (excludes halogenated alkanes) is 1. The van der Waals surface area contributed by atoms with E-state index in [1.165, 1.54) is 0 Å². The van der Waals surface area contributed by atoms with Gasteiger partial charge in [0.15, 0.2) is 17.0 Å². The fraction of sp³-hybridized carbons (Fsp3) is 0.500. The number of rotatable bonds is 15. The van der Waals surface area contributed by atoms with E-state index in [9.17, 15) is 9.36 Å². The largest absolute Gasteiger partial charge is 0.465 e. The van der Waals surface area contributed by atoms with E-state index >= 15 is 0 Å². The molecule has 0 spiro atoms. The van der Waals surface area contributed by atoms with Gasteiger partial charge in [-0.05, 0) is 38.3 Å². The predicted octanol–water partition coefficient (Wildman–Crippen LogP) is 3.55. The van der Waals surface area contributed by atoms with E-state index in [1.54, 1.807) is 42.1 Å². The van der Waals surface area contributed by atoms with Crippen LogP contribution in [0.1, 0.15) is 39.5 Å². The van der Waals surface area contributed by atoms with Gasteiger partial charge in [-0.25, -0.2) is 10.1 Å². The second kappa shape index (κ2) is 12.4. The number of nitrogens with zero attached hydrogens (tertiary/aromatic N) is 4. The molecule has 1 saturated carbocycles. The highest BCUT2D eigenvalue weighted by Crippen LogP contribution is 2.43. The predicted molar refractivity (Wildman–Crippen MR) is 140 cm³/mol. The van der Waals surface area contributed by atoms with E-state index in [-0.39, 0.29) is 18.9 Å². The maximum Gasteiger partial charge on any atom is 0.342 e. The Labute approximate surface area is 215 Å². The molecule has 1 aliphatic carbocycles. The Hall–Kier alpha value is -3.21. The lowest BCUT2D eigenvalue weighted by atomic mass is 10.3. The molecule has 0 amide bonds. The number of hydrogen-bond acceptors (Lipinski definition) is 10. The highest BCUT2D eigenvalue weighted by molar-refractivity contribution is 7.57. The number of carbonyl (C=O) groups excluding carboxylic acids is 1. The van der Waals surface area contributed by atoms with Gasteiger partial charge in [-0.2, -0.15) is 9.97 Å². The molecule has 0 radical (unpaired) electrons. The van der Waals surface area contributed by atoms with Crippen molar-refractivity contribution in [2.24, 2.45) is 0 Å². The molecule has 13 heteroatoms. The minimum atomic E-state index is -3.62. The zero-order valence-electron chi connectivity index (χ0n) is 21.1. The molecule has 2 heterocycles. The van der Waals surface area contributed by atoms with Crippen molar-refractivity contribution in [2.75, 3.05) is 30.6 Å². The van der Waals surface area contributed by atoms with Crippen molar-refractivity contribution < 1.29 is 23.4 Å². The third-order valence-electron chi connectivity index (χ3n) is 5.62. The highest BCUT2D eigenvalue weighted by Gasteiger charge is 2.31. The van der Waals surface area contributed by atoms with E-state index in [1.807, 2.05) is 13.0 Å². The summed E-state index contributed by atoms with van der Waals surface area (Å²) in [7, 11) is -3.62. The van der Waals surface area contributed by atoms with Crippen molar-refractivity contribution in [1.82, 2.24) is 24.6 Å². The van der Waals surface area contributed by atoms with Crippen molar-refractivity contribution in [3.8, 4) is 5.75 Å². The summed E-state index contributed by atoms with van der Waals surface area (Å²) in [5.41, 5.74) is 7.13. The molecule has 200 valence electrons. The average Bonchev–Trinajstić information content (AvgIpc) is 3.60. The van der Waals surface area contributed by atoms with Crippen molar-refractivity contribution in [1.29, 1.82) is 0 Å². The molecule has 1 unspecified atom stereocenters. The summed E-state index contributed by atoms with van der Waals surface area (Å²) in [5.74, 6) is 0.678. The van der Waals surface area contributed by atoms with Crippen LogP contribution >= 0.6 is 7.52 Å². The number of aromatic nitrogens is 4. The van der Waals surface area contributed by atoms with Crippen LogP contribution in [0.25, 0.3) is 11.2 Å². The summed E-state index contributed by atoms with van der Waals surface area (Å²) in [4.78, 5) is 25.4. The number of carbonyl (C=O) groups is 1. The van der Waals surface area contributed by atoms with E-state index in [0.29, 0.717) is 41.9 Å². The molecule has 4 rings (SSSR count). The van der Waals surface area contributed by atoms with Crippen molar-refractivity contribution in [3.63, 3.8) is 0 Å². The molecule has 0 saturated heterocycles. The van der Waals surface area contributed by atoms with Gasteiger partial charge in [0.25, 0.3) is 0 Å². The third-order valence-corrected chi connectivity index (χ3v) is 7.43. The van der Waals surface area contributed by atoms with Gasteiger partial charge in [0.05, 0.1) is 19.5 Å². The number of imidazole rings is 1. The molecule has 37 heavy (non-hydrogen) atoms. The number of nitrogen functional groups attached to an aromatic ring is 1. The van der Waals surface area contributed by atoms with Crippen LogP contribution in [-0.4, -0.2) is 57.1 Å². The molecule has 1 aromatic carbocycles. The van der Waals surface area contributed by atoms with E-state index < -0.39 is 19.5 Å². The molecule has 0 aliphatic heterocycles. The summed E-state index contributed by atoms with van der Waals surface area (Å²) < 4.78 is 32.3. The molecule has 3 aromatic rings. The first-order valence-corrected chi connectivity index (χ1v) is 14.3. The topological polar surface area (TPSA) is 156 Å². The monoisotopic (exact) mass is 531 g/mol. The smallest absolute Gasteiger partial charge is 0.342 e. The van der Waals surface area contributed by atoms with Crippen LogP contribution in [0.4, 0.5) is 11.8 Å². The maximum absolute atomic E-state index is 13.7. The average molecular weight is 532 g/mol. The zero-order valence-corrected chi connectivity index (χ0v) is 22.0. The number of nitrogens with two attached hydrogens (primary N) is 1. The number of para-hydroxylation sites is 1. The molecule has 2 atom stereocenters. The first kappa shape index (κ1) is 26.8. The van der Waals surface area contributed by atoms with E-state index in [2.05, 4.69) is 25.4 Å². The van der Waals surface area contributed by atoms with Gasteiger partial charge in [-0.15, -0.1) is 0 Å². The summed E-state index contributed by atoms with van der Waals surface area (Å²) in [6.07, 6.45) is 5.24. The summed E-state index contributed by atoms with van der Waals surface area (Å²) in [6, 6.07) is 8.29. The molecule has 12 nitrogen and oxygen atoms in total. The number of anilines is 2. The zero-order chi connectivity index (χ0) is 26.3. The molecule has 4 N–H and O–H groups in total. The van der Waals surface area contributed by atoms with Crippen molar-refractivity contribution in [2.45, 2.75) is 58.2 Å². The SMILES string of the molecule is CCCCOC(=O)[C@H](C)NP(=O)(COCCn1cnc2c(NC3CC3)nc(N)nc21)Oc1ccccc1. The molecular weight excluding hydrogens is 497 g/mol. The second-order valence-electron chi connectivity index (χ2n) is 8.95. The van der Waals surface area contributed by atoms with Crippen LogP contribution in [-0.2, 0) is 25.4 Å². The molecule has 1 aliphatic rings. The van der Waals surface area contributed by atoms with Gasteiger partial charge in [0, 0.05) is 12.6 Å². The quantitative estimate of drug-likeness (QED) is 0.150. The fourth-order valence-corrected chi connectivity index (χ4v) is 5.23. The molecule has 2 aromatic heterocycles. The minimum absolute atomic E-state index is 0.156. The first-order chi connectivity index (χ1) is 17.9. The summed E-state index contributed by atoms with van der Waals surface area (Å²) >= 11 is 0. The number of nitrogens with one attached hydrogen (secondary N) is 2. The van der Waals surface area contributed by atoms with Crippen LogP contribution in [0.15, 0.2) is 36.7 Å². The Bertz CT molecular complexity index is 1230. The van der Waals surface area contributed by atoms with E-state index in [4.69, 9.17) is 19.7 Å². The molecule has 1 fully saturated rings. The van der Waals surface area contributed by atoms with Crippen LogP contribution in [0, 0.1) is 0 Å². The Morgan fingerprint density at radius 2 is 2.03 bits per heavy atom. The summed E-state index contributed by atoms with van der Waals surface area (Å²) in [6.45, 7) is 4.49. The van der Waals surface area contributed by atoms with Gasteiger partial charge in [0.2, 0.25) is 5.95 Å². The number of ether oxygens (including phenoxy) is 2. The van der Waals surface area contributed by atoms with Gasteiger partial charge in [-0.1, -0.05) is 31.5 Å². The van der Waals surface area contributed by atoms with Gasteiger partial charge < -0.3 is 29.6 Å². The van der Waals surface area contributed by atoms with Gasteiger partial charge in [-0.3, -0.25) is 9.36 Å². The van der Waals surface area contributed by atoms with Crippen molar-refractivity contribution >= 4 is 36.4 Å². The lowest BCUT2D eigenvalue weighted by molar-refractivity contribution is -0.145. The number of fused-ring (bicyclic) bond motifs is 1. The number of hydrogen-bond donors (Lipinski definition) is 3. The Kier molecular flexibility index (Phi) is 8.96. The Balaban J connectivity index is 1.38. The normalized spacial score (nSPS) is 15.7. The van der Waals surface area contributed by atoms with Crippen LogP contribution in [0.5, 0.6) is 5.75 Å². The van der Waals surface area contributed by atoms with Gasteiger partial charge >= 0.3 is 13.5 Å². The molecular formula is C24H34N7O5P. The standard InChI is InChI=1S/C24H34N7O5P/c1-3-4-13-35-23(32)17(2)30-37(33,36-19-8-6-5-7-9-19)16-34-14-12-31-15-26-20-21(27-18-10-11-18)28-24(25)29-22(20)31/h5-9,15,17-18H,3-4,10-14,16H2,1-2H3,(H,30,33)(H3,25,27,28,29)/t17-,37?/m0/s1. The van der Waals surface area contributed by atoms with Gasteiger partial charge in [0.1, 0.15) is 18.1 Å². The third kappa shape index (κ3) is 7.64. The lowest BCUT2D eigenvalue weighted by Gasteiger charge is -2.23. The lowest BCUT2D eigenvalue weighted by Crippen LogP contribution is -2.35.